The first-order chi connectivity index (χ1) is 8.65. The van der Waals surface area contributed by atoms with Crippen molar-refractivity contribution in [2.75, 3.05) is 0 Å². The van der Waals surface area contributed by atoms with E-state index >= 15 is 0 Å². The molecule has 18 heavy (non-hydrogen) atoms. The Morgan fingerprint density at radius 3 is 2.61 bits per heavy atom. The lowest BCUT2D eigenvalue weighted by Gasteiger charge is -1.98. The predicted octanol–water partition coefficient (Wildman–Crippen LogP) is 4.16. The quantitative estimate of drug-likeness (QED) is 0.702. The molecule has 0 unspecified atom stereocenters. The van der Waals surface area contributed by atoms with Gasteiger partial charge in [-0.25, -0.2) is 13.8 Å². The molecule has 0 bridgehead atoms. The van der Waals surface area contributed by atoms with Crippen molar-refractivity contribution >= 4 is 22.6 Å². The van der Waals surface area contributed by atoms with E-state index in [0.29, 0.717) is 16.9 Å². The molecule has 0 spiro atoms. The van der Waals surface area contributed by atoms with Gasteiger partial charge in [0, 0.05) is 5.56 Å². The Bertz CT molecular complexity index is 737. The minimum absolute atomic E-state index is 0.0426. The van der Waals surface area contributed by atoms with Crippen molar-refractivity contribution < 1.29 is 8.78 Å². The number of imidazole rings is 1. The minimum atomic E-state index is -0.532. The maximum atomic E-state index is 13.5. The molecule has 1 aromatic heterocycles. The Kier molecular flexibility index (Phi) is 2.52. The Balaban J connectivity index is 2.19. The van der Waals surface area contributed by atoms with Gasteiger partial charge >= 0.3 is 0 Å². The molecule has 2 nitrogen and oxygen atoms in total. The van der Waals surface area contributed by atoms with Crippen LogP contribution in [0.5, 0.6) is 0 Å². The molecule has 3 aromatic rings. The Morgan fingerprint density at radius 1 is 1.06 bits per heavy atom. The van der Waals surface area contributed by atoms with E-state index in [-0.39, 0.29) is 10.5 Å². The van der Waals surface area contributed by atoms with Gasteiger partial charge in [-0.05, 0) is 30.3 Å². The summed E-state index contributed by atoms with van der Waals surface area (Å²) in [4.78, 5) is 7.05. The molecule has 0 aliphatic heterocycles. The molecule has 0 fully saturated rings. The highest BCUT2D eigenvalue weighted by atomic mass is 35.5. The number of hydrogen-bond donors (Lipinski definition) is 1. The summed E-state index contributed by atoms with van der Waals surface area (Å²) in [5.41, 5.74) is 1.33. The predicted molar refractivity (Wildman–Crippen MR) is 66.5 cm³/mol. The molecule has 2 aromatic carbocycles. The fourth-order valence-electron chi connectivity index (χ4n) is 1.78. The molecule has 0 aliphatic carbocycles. The molecule has 90 valence electrons. The summed E-state index contributed by atoms with van der Waals surface area (Å²) in [6.07, 6.45) is 0. The van der Waals surface area contributed by atoms with Crippen molar-refractivity contribution in [1.29, 1.82) is 0 Å². The maximum Gasteiger partial charge on any atom is 0.151 e. The first kappa shape index (κ1) is 11.2. The molecule has 1 heterocycles. The zero-order valence-electron chi connectivity index (χ0n) is 9.05. The van der Waals surface area contributed by atoms with Gasteiger partial charge in [0.05, 0.1) is 10.5 Å². The van der Waals surface area contributed by atoms with Crippen LogP contribution in [0.15, 0.2) is 36.4 Å². The standard InChI is InChI=1S/C13H7ClF2N2/c14-8-5-4-7(6-10(8)16)13-17-11-3-1-2-9(15)12(11)18-13/h1-6H,(H,17,18). The summed E-state index contributed by atoms with van der Waals surface area (Å²) in [5, 5.41) is 0.0426. The van der Waals surface area contributed by atoms with Gasteiger partial charge in [-0.1, -0.05) is 17.7 Å². The number of nitrogens with zero attached hydrogens (tertiary/aromatic N) is 1. The third-order valence-corrected chi connectivity index (χ3v) is 2.96. The Labute approximate surface area is 106 Å². The van der Waals surface area contributed by atoms with Gasteiger partial charge in [0.15, 0.2) is 5.82 Å². The van der Waals surface area contributed by atoms with Crippen LogP contribution in [0.2, 0.25) is 5.02 Å². The van der Waals surface area contributed by atoms with Crippen LogP contribution in [0.1, 0.15) is 0 Å². The van der Waals surface area contributed by atoms with Crippen molar-refractivity contribution in [3.8, 4) is 11.4 Å². The van der Waals surface area contributed by atoms with E-state index in [9.17, 15) is 8.78 Å². The molecule has 5 heteroatoms. The molecule has 0 aliphatic rings. The van der Waals surface area contributed by atoms with E-state index in [2.05, 4.69) is 9.97 Å². The largest absolute Gasteiger partial charge is 0.338 e. The summed E-state index contributed by atoms with van der Waals surface area (Å²) in [7, 11) is 0. The number of para-hydroxylation sites is 1. The van der Waals surface area contributed by atoms with Gasteiger partial charge < -0.3 is 4.98 Å². The number of hydrogen-bond acceptors (Lipinski definition) is 1. The van der Waals surface area contributed by atoms with Gasteiger partial charge in [0.25, 0.3) is 0 Å². The number of aromatic amines is 1. The van der Waals surface area contributed by atoms with Crippen molar-refractivity contribution in [2.24, 2.45) is 0 Å². The SMILES string of the molecule is Fc1cc(-c2nc3c(F)cccc3[nH]2)ccc1Cl. The van der Waals surface area contributed by atoms with Crippen molar-refractivity contribution in [3.05, 3.63) is 53.1 Å². The zero-order valence-corrected chi connectivity index (χ0v) is 9.80. The second-order valence-corrected chi connectivity index (χ2v) is 4.26. The van der Waals surface area contributed by atoms with E-state index in [1.165, 1.54) is 18.2 Å². The van der Waals surface area contributed by atoms with Crippen LogP contribution >= 0.6 is 11.6 Å². The zero-order chi connectivity index (χ0) is 12.7. The molecule has 1 N–H and O–H groups in total. The number of aromatic nitrogens is 2. The highest BCUT2D eigenvalue weighted by Crippen LogP contribution is 2.25. The van der Waals surface area contributed by atoms with Crippen LogP contribution in [-0.2, 0) is 0 Å². The van der Waals surface area contributed by atoms with Gasteiger partial charge in [-0.3, -0.25) is 0 Å². The molecule has 0 atom stereocenters. The molecule has 0 saturated heterocycles. The van der Waals surface area contributed by atoms with Crippen molar-refractivity contribution in [3.63, 3.8) is 0 Å². The van der Waals surface area contributed by atoms with E-state index in [0.717, 1.165) is 0 Å². The number of fused-ring (bicyclic) bond motifs is 1. The summed E-state index contributed by atoms with van der Waals surface area (Å²) in [6.45, 7) is 0. The first-order valence-electron chi connectivity index (χ1n) is 5.25. The lowest BCUT2D eigenvalue weighted by molar-refractivity contribution is 0.628. The normalized spacial score (nSPS) is 11.1. The second kappa shape index (κ2) is 4.07. The average molecular weight is 265 g/mol. The highest BCUT2D eigenvalue weighted by Gasteiger charge is 2.10. The maximum absolute atomic E-state index is 13.5. The van der Waals surface area contributed by atoms with Gasteiger partial charge in [-0.15, -0.1) is 0 Å². The molecule has 0 saturated carbocycles. The third-order valence-electron chi connectivity index (χ3n) is 2.66. The number of rotatable bonds is 1. The molecular weight excluding hydrogens is 258 g/mol. The first-order valence-corrected chi connectivity index (χ1v) is 5.62. The average Bonchev–Trinajstić information content (AvgIpc) is 2.78. The van der Waals surface area contributed by atoms with Gasteiger partial charge in [0.1, 0.15) is 17.2 Å². The van der Waals surface area contributed by atoms with Crippen molar-refractivity contribution in [2.45, 2.75) is 0 Å². The van der Waals surface area contributed by atoms with E-state index in [4.69, 9.17) is 11.6 Å². The summed E-state index contributed by atoms with van der Waals surface area (Å²) in [5.74, 6) is -0.537. The lowest BCUT2D eigenvalue weighted by Crippen LogP contribution is -1.83. The van der Waals surface area contributed by atoms with Crippen LogP contribution in [0.25, 0.3) is 22.4 Å². The smallest absolute Gasteiger partial charge is 0.151 e. The van der Waals surface area contributed by atoms with E-state index in [1.54, 1.807) is 18.2 Å². The highest BCUT2D eigenvalue weighted by molar-refractivity contribution is 6.30. The summed E-state index contributed by atoms with van der Waals surface area (Å²) in [6, 6.07) is 8.95. The fourth-order valence-corrected chi connectivity index (χ4v) is 1.89. The lowest BCUT2D eigenvalue weighted by atomic mass is 10.2. The molecule has 3 rings (SSSR count). The second-order valence-electron chi connectivity index (χ2n) is 3.85. The molecular formula is C13H7ClF2N2. The molecule has 0 radical (unpaired) electrons. The summed E-state index contributed by atoms with van der Waals surface area (Å²) < 4.78 is 26.8. The number of nitrogens with one attached hydrogen (secondary N) is 1. The Morgan fingerprint density at radius 2 is 1.89 bits per heavy atom. The number of halogens is 3. The number of H-pyrrole nitrogens is 1. The van der Waals surface area contributed by atoms with Crippen LogP contribution in [0.4, 0.5) is 8.78 Å². The third kappa shape index (κ3) is 1.75. The van der Waals surface area contributed by atoms with Gasteiger partial charge in [-0.2, -0.15) is 0 Å². The van der Waals surface area contributed by atoms with E-state index < -0.39 is 11.6 Å². The topological polar surface area (TPSA) is 28.7 Å². The number of benzene rings is 2. The summed E-state index contributed by atoms with van der Waals surface area (Å²) >= 11 is 5.61. The minimum Gasteiger partial charge on any atom is -0.338 e. The van der Waals surface area contributed by atoms with Crippen LogP contribution in [0, 0.1) is 11.6 Å². The van der Waals surface area contributed by atoms with Crippen LogP contribution in [-0.4, -0.2) is 9.97 Å². The van der Waals surface area contributed by atoms with E-state index in [1.807, 2.05) is 0 Å². The molecule has 0 amide bonds. The van der Waals surface area contributed by atoms with Gasteiger partial charge in [0.2, 0.25) is 0 Å². The fraction of sp³-hybridized carbons (Fsp3) is 0. The monoisotopic (exact) mass is 264 g/mol. The van der Waals surface area contributed by atoms with Crippen LogP contribution < -0.4 is 0 Å². The van der Waals surface area contributed by atoms with Crippen molar-refractivity contribution in [1.82, 2.24) is 9.97 Å². The van der Waals surface area contributed by atoms with Crippen LogP contribution in [0.3, 0.4) is 0 Å². The Hall–Kier alpha value is -1.94.